The fourth-order valence-corrected chi connectivity index (χ4v) is 3.07. The van der Waals surface area contributed by atoms with E-state index in [-0.39, 0.29) is 5.41 Å². The first-order valence-electron chi connectivity index (χ1n) is 8.53. The minimum atomic E-state index is 0.154. The summed E-state index contributed by atoms with van der Waals surface area (Å²) in [4.78, 5) is 0. The van der Waals surface area contributed by atoms with Gasteiger partial charge in [0.1, 0.15) is 7.05 Å². The Bertz CT molecular complexity index is 855. The highest BCUT2D eigenvalue weighted by Crippen LogP contribution is 2.29. The van der Waals surface area contributed by atoms with E-state index in [1.807, 2.05) is 0 Å². The van der Waals surface area contributed by atoms with Crippen molar-refractivity contribution in [2.75, 3.05) is 0 Å². The molecule has 0 fully saturated rings. The summed E-state index contributed by atoms with van der Waals surface area (Å²) < 4.78 is 2.21. The molecule has 0 saturated heterocycles. The van der Waals surface area contributed by atoms with E-state index in [4.69, 9.17) is 0 Å². The first-order chi connectivity index (χ1) is 11.4. The van der Waals surface area contributed by atoms with E-state index in [1.54, 1.807) is 0 Å². The van der Waals surface area contributed by atoms with Gasteiger partial charge in [0.15, 0.2) is 6.20 Å². The van der Waals surface area contributed by atoms with Gasteiger partial charge >= 0.3 is 0 Å². The lowest BCUT2D eigenvalue weighted by Gasteiger charge is -2.19. The molecule has 0 aliphatic carbocycles. The predicted octanol–water partition coefficient (Wildman–Crippen LogP) is 5.45. The summed E-state index contributed by atoms with van der Waals surface area (Å²) in [5, 5.41) is 0. The number of pyridine rings is 1. The van der Waals surface area contributed by atoms with Crippen LogP contribution in [0, 0.1) is 6.92 Å². The molecule has 0 aliphatic heterocycles. The van der Waals surface area contributed by atoms with Crippen molar-refractivity contribution in [1.29, 1.82) is 0 Å². The first kappa shape index (κ1) is 16.4. The second-order valence-corrected chi connectivity index (χ2v) is 7.56. The summed E-state index contributed by atoms with van der Waals surface area (Å²) in [5.74, 6) is 0. The lowest BCUT2D eigenvalue weighted by Crippen LogP contribution is -2.31. The second-order valence-electron chi connectivity index (χ2n) is 7.56. The molecule has 0 N–H and O–H groups in total. The van der Waals surface area contributed by atoms with Crippen LogP contribution in [0.25, 0.3) is 22.4 Å². The zero-order valence-electron chi connectivity index (χ0n) is 15.3. The number of benzene rings is 2. The fourth-order valence-electron chi connectivity index (χ4n) is 3.07. The molecular formula is C23H26N+. The molecule has 1 heterocycles. The van der Waals surface area contributed by atoms with Crippen LogP contribution in [-0.2, 0) is 12.5 Å². The zero-order valence-corrected chi connectivity index (χ0v) is 15.3. The van der Waals surface area contributed by atoms with Gasteiger partial charge in [-0.05, 0) is 40.7 Å². The summed E-state index contributed by atoms with van der Waals surface area (Å²) in [7, 11) is 2.12. The molecule has 0 radical (unpaired) electrons. The summed E-state index contributed by atoms with van der Waals surface area (Å²) in [5.41, 5.74) is 7.91. The summed E-state index contributed by atoms with van der Waals surface area (Å²) in [6.45, 7) is 8.98. The van der Waals surface area contributed by atoms with Gasteiger partial charge in [-0.1, -0.05) is 63.2 Å². The van der Waals surface area contributed by atoms with Crippen LogP contribution in [-0.4, -0.2) is 0 Å². The Kier molecular flexibility index (Phi) is 4.28. The average molecular weight is 316 g/mol. The standard InChI is InChI=1S/C23H26N/c1-17-15-19(18-9-7-6-8-10-18)11-12-21(17)22-16-20(23(2,3)4)13-14-24(22)5/h6-16H,1-5H3/q+1. The molecule has 2 aromatic carbocycles. The van der Waals surface area contributed by atoms with E-state index in [0.717, 1.165) is 0 Å². The summed E-state index contributed by atoms with van der Waals surface area (Å²) in [6, 6.07) is 21.9. The summed E-state index contributed by atoms with van der Waals surface area (Å²) in [6.07, 6.45) is 2.17. The normalized spacial score (nSPS) is 11.5. The van der Waals surface area contributed by atoms with Crippen LogP contribution in [0.1, 0.15) is 31.9 Å². The molecule has 0 aliphatic rings. The van der Waals surface area contributed by atoms with Crippen molar-refractivity contribution in [2.45, 2.75) is 33.1 Å². The maximum Gasteiger partial charge on any atom is 0.212 e. The highest BCUT2D eigenvalue weighted by molar-refractivity contribution is 5.71. The van der Waals surface area contributed by atoms with E-state index in [1.165, 1.54) is 33.5 Å². The largest absolute Gasteiger partial charge is 0.212 e. The molecule has 0 saturated carbocycles. The van der Waals surface area contributed by atoms with Gasteiger partial charge in [-0.25, -0.2) is 4.57 Å². The molecule has 0 unspecified atom stereocenters. The van der Waals surface area contributed by atoms with Gasteiger partial charge in [-0.15, -0.1) is 0 Å². The maximum absolute atomic E-state index is 2.32. The van der Waals surface area contributed by atoms with Crippen LogP contribution in [0.15, 0.2) is 66.9 Å². The molecule has 3 aromatic rings. The monoisotopic (exact) mass is 316 g/mol. The Morgan fingerprint density at radius 1 is 0.792 bits per heavy atom. The molecule has 0 atom stereocenters. The van der Waals surface area contributed by atoms with Crippen molar-refractivity contribution in [3.8, 4) is 22.4 Å². The Hall–Kier alpha value is -2.41. The van der Waals surface area contributed by atoms with Crippen molar-refractivity contribution >= 4 is 0 Å². The third-order valence-corrected chi connectivity index (χ3v) is 4.63. The summed E-state index contributed by atoms with van der Waals surface area (Å²) >= 11 is 0. The molecule has 1 aromatic heterocycles. The Morgan fingerprint density at radius 3 is 2.12 bits per heavy atom. The molecule has 3 rings (SSSR count). The van der Waals surface area contributed by atoms with E-state index in [2.05, 4.69) is 106 Å². The molecule has 1 heteroatoms. The van der Waals surface area contributed by atoms with Crippen molar-refractivity contribution in [3.63, 3.8) is 0 Å². The third-order valence-electron chi connectivity index (χ3n) is 4.63. The minimum Gasteiger partial charge on any atom is -0.201 e. The van der Waals surface area contributed by atoms with Crippen molar-refractivity contribution in [1.82, 2.24) is 0 Å². The lowest BCUT2D eigenvalue weighted by atomic mass is 9.86. The number of hydrogen-bond acceptors (Lipinski definition) is 0. The van der Waals surface area contributed by atoms with Gasteiger partial charge in [0.25, 0.3) is 0 Å². The van der Waals surface area contributed by atoms with Crippen LogP contribution in [0.5, 0.6) is 0 Å². The van der Waals surface area contributed by atoms with Crippen LogP contribution < -0.4 is 4.57 Å². The van der Waals surface area contributed by atoms with Gasteiger partial charge in [0.05, 0.1) is 0 Å². The third kappa shape index (κ3) is 3.26. The number of hydrogen-bond donors (Lipinski definition) is 0. The van der Waals surface area contributed by atoms with E-state index in [0.29, 0.717) is 0 Å². The van der Waals surface area contributed by atoms with Crippen LogP contribution >= 0.6 is 0 Å². The molecular weight excluding hydrogens is 290 g/mol. The fraction of sp³-hybridized carbons (Fsp3) is 0.261. The molecule has 0 spiro atoms. The smallest absolute Gasteiger partial charge is 0.201 e. The highest BCUT2D eigenvalue weighted by atomic mass is 14.9. The quantitative estimate of drug-likeness (QED) is 0.553. The number of aromatic nitrogens is 1. The molecule has 1 nitrogen and oxygen atoms in total. The van der Waals surface area contributed by atoms with Gasteiger partial charge in [-0.2, -0.15) is 0 Å². The lowest BCUT2D eigenvalue weighted by molar-refractivity contribution is -0.660. The van der Waals surface area contributed by atoms with E-state index >= 15 is 0 Å². The topological polar surface area (TPSA) is 3.88 Å². The number of nitrogens with zero attached hydrogens (tertiary/aromatic N) is 1. The van der Waals surface area contributed by atoms with Gasteiger partial charge in [0.2, 0.25) is 5.69 Å². The number of rotatable bonds is 2. The maximum atomic E-state index is 2.32. The van der Waals surface area contributed by atoms with Crippen molar-refractivity contribution < 1.29 is 4.57 Å². The Morgan fingerprint density at radius 2 is 1.50 bits per heavy atom. The first-order valence-corrected chi connectivity index (χ1v) is 8.53. The van der Waals surface area contributed by atoms with E-state index in [9.17, 15) is 0 Å². The van der Waals surface area contributed by atoms with Gasteiger partial charge in [-0.3, -0.25) is 0 Å². The molecule has 0 amide bonds. The van der Waals surface area contributed by atoms with Crippen molar-refractivity contribution in [2.24, 2.45) is 7.05 Å². The average Bonchev–Trinajstić information content (AvgIpc) is 2.55. The molecule has 122 valence electrons. The minimum absolute atomic E-state index is 0.154. The second kappa shape index (κ2) is 6.24. The SMILES string of the molecule is Cc1cc(-c2ccccc2)ccc1-c1cc(C(C)(C)C)cc[n+]1C. The van der Waals surface area contributed by atoms with Gasteiger partial charge < -0.3 is 0 Å². The molecule has 0 bridgehead atoms. The zero-order chi connectivity index (χ0) is 17.3. The van der Waals surface area contributed by atoms with Crippen LogP contribution in [0.3, 0.4) is 0 Å². The Labute approximate surface area is 145 Å². The highest BCUT2D eigenvalue weighted by Gasteiger charge is 2.20. The molecule has 24 heavy (non-hydrogen) atoms. The van der Waals surface area contributed by atoms with Crippen LogP contribution in [0.2, 0.25) is 0 Å². The van der Waals surface area contributed by atoms with Gasteiger partial charge in [0, 0.05) is 17.7 Å². The number of aryl methyl sites for hydroxylation is 2. The van der Waals surface area contributed by atoms with Crippen molar-refractivity contribution in [3.05, 3.63) is 78.0 Å². The predicted molar refractivity (Wildman–Crippen MR) is 102 cm³/mol. The van der Waals surface area contributed by atoms with Crippen LogP contribution in [0.4, 0.5) is 0 Å². The van der Waals surface area contributed by atoms with E-state index < -0.39 is 0 Å². The Balaban J connectivity index is 2.08.